The molecule has 0 unspecified atom stereocenters. The van der Waals surface area contributed by atoms with E-state index in [-0.39, 0.29) is 17.7 Å². The molecule has 0 spiro atoms. The normalized spacial score (nSPS) is 20.3. The SMILES string of the molecule is CN(CCCOc1ccccc1Cl)C(=O)[C@@H]1CC(=O)N(C2CC2)C1. The lowest BCUT2D eigenvalue weighted by atomic mass is 10.1. The summed E-state index contributed by atoms with van der Waals surface area (Å²) in [5.74, 6) is 0.665. The molecule has 2 amide bonds. The van der Waals surface area contributed by atoms with Crippen molar-refractivity contribution < 1.29 is 14.3 Å². The van der Waals surface area contributed by atoms with Crippen LogP contribution in [-0.4, -0.2) is 54.4 Å². The largest absolute Gasteiger partial charge is 0.492 e. The maximum atomic E-state index is 12.5. The molecule has 1 aliphatic heterocycles. The van der Waals surface area contributed by atoms with Crippen molar-refractivity contribution in [2.75, 3.05) is 26.7 Å². The van der Waals surface area contributed by atoms with Crippen molar-refractivity contribution in [1.29, 1.82) is 0 Å². The molecule has 0 radical (unpaired) electrons. The number of benzene rings is 1. The van der Waals surface area contributed by atoms with Crippen LogP contribution in [0.2, 0.25) is 5.02 Å². The molecule has 2 fully saturated rings. The fraction of sp³-hybridized carbons (Fsp3) is 0.556. The second kappa shape index (κ2) is 7.43. The van der Waals surface area contributed by atoms with Gasteiger partial charge in [0.25, 0.3) is 0 Å². The highest BCUT2D eigenvalue weighted by Gasteiger charge is 2.42. The molecule has 1 aromatic carbocycles. The number of para-hydroxylation sites is 1. The zero-order valence-electron chi connectivity index (χ0n) is 13.9. The minimum absolute atomic E-state index is 0.0595. The quantitative estimate of drug-likeness (QED) is 0.710. The standard InChI is InChI=1S/C18H23ClN2O3/c1-20(9-4-10-24-16-6-3-2-5-15(16)19)18(23)13-11-17(22)21(12-13)14-7-8-14/h2-3,5-6,13-14H,4,7-12H2,1H3/t13-/m1/s1. The molecule has 1 saturated carbocycles. The van der Waals surface area contributed by atoms with Gasteiger partial charge in [-0.3, -0.25) is 9.59 Å². The van der Waals surface area contributed by atoms with Gasteiger partial charge in [0.05, 0.1) is 17.5 Å². The van der Waals surface area contributed by atoms with Gasteiger partial charge in [-0.1, -0.05) is 23.7 Å². The summed E-state index contributed by atoms with van der Waals surface area (Å²) in [6.07, 6.45) is 3.25. The summed E-state index contributed by atoms with van der Waals surface area (Å²) in [5.41, 5.74) is 0. The number of amides is 2. The molecule has 1 aliphatic carbocycles. The number of hydrogen-bond acceptors (Lipinski definition) is 3. The molecule has 0 aromatic heterocycles. The molecule has 24 heavy (non-hydrogen) atoms. The summed E-state index contributed by atoms with van der Waals surface area (Å²) in [4.78, 5) is 28.0. The van der Waals surface area contributed by atoms with E-state index in [1.54, 1.807) is 18.0 Å². The average molecular weight is 351 g/mol. The number of carbonyl (C=O) groups is 2. The zero-order chi connectivity index (χ0) is 17.1. The van der Waals surface area contributed by atoms with E-state index in [1.165, 1.54) is 0 Å². The molecule has 3 rings (SSSR count). The van der Waals surface area contributed by atoms with E-state index in [0.29, 0.717) is 42.9 Å². The maximum Gasteiger partial charge on any atom is 0.227 e. The highest BCUT2D eigenvalue weighted by Crippen LogP contribution is 2.33. The van der Waals surface area contributed by atoms with Crippen molar-refractivity contribution in [2.45, 2.75) is 31.7 Å². The second-order valence-corrected chi connectivity index (χ2v) is 6.98. The number of nitrogens with zero attached hydrogens (tertiary/aromatic N) is 2. The molecular formula is C18H23ClN2O3. The lowest BCUT2D eigenvalue weighted by molar-refractivity contribution is -0.134. The van der Waals surface area contributed by atoms with E-state index in [4.69, 9.17) is 16.3 Å². The van der Waals surface area contributed by atoms with E-state index >= 15 is 0 Å². The molecule has 5 nitrogen and oxygen atoms in total. The highest BCUT2D eigenvalue weighted by atomic mass is 35.5. The van der Waals surface area contributed by atoms with Crippen molar-refractivity contribution in [3.05, 3.63) is 29.3 Å². The van der Waals surface area contributed by atoms with E-state index in [9.17, 15) is 9.59 Å². The first-order chi connectivity index (χ1) is 11.6. The Bertz CT molecular complexity index is 618. The lowest BCUT2D eigenvalue weighted by Crippen LogP contribution is -2.36. The van der Waals surface area contributed by atoms with E-state index in [2.05, 4.69) is 0 Å². The van der Waals surface area contributed by atoms with Gasteiger partial charge in [0.1, 0.15) is 5.75 Å². The highest BCUT2D eigenvalue weighted by molar-refractivity contribution is 6.32. The van der Waals surface area contributed by atoms with Gasteiger partial charge in [-0.25, -0.2) is 0 Å². The Balaban J connectivity index is 1.40. The molecule has 1 saturated heterocycles. The summed E-state index contributed by atoms with van der Waals surface area (Å²) in [6.45, 7) is 1.69. The number of likely N-dealkylation sites (tertiary alicyclic amines) is 1. The van der Waals surface area contributed by atoms with Crippen LogP contribution in [0, 0.1) is 5.92 Å². The summed E-state index contributed by atoms with van der Waals surface area (Å²) in [6, 6.07) is 7.74. The maximum absolute atomic E-state index is 12.5. The first-order valence-electron chi connectivity index (χ1n) is 8.48. The molecule has 1 aromatic rings. The van der Waals surface area contributed by atoms with Gasteiger partial charge in [-0.2, -0.15) is 0 Å². The van der Waals surface area contributed by atoms with Gasteiger partial charge in [-0.15, -0.1) is 0 Å². The Morgan fingerprint density at radius 1 is 1.38 bits per heavy atom. The van der Waals surface area contributed by atoms with Gasteiger partial charge in [0.15, 0.2) is 0 Å². The van der Waals surface area contributed by atoms with Crippen LogP contribution in [0.5, 0.6) is 5.75 Å². The van der Waals surface area contributed by atoms with E-state index in [1.807, 2.05) is 23.1 Å². The number of ether oxygens (including phenoxy) is 1. The van der Waals surface area contributed by atoms with Crippen molar-refractivity contribution in [3.63, 3.8) is 0 Å². The fourth-order valence-electron chi connectivity index (χ4n) is 3.10. The summed E-state index contributed by atoms with van der Waals surface area (Å²) in [7, 11) is 1.79. The zero-order valence-corrected chi connectivity index (χ0v) is 14.7. The topological polar surface area (TPSA) is 49.9 Å². The lowest BCUT2D eigenvalue weighted by Gasteiger charge is -2.21. The molecule has 0 N–H and O–H groups in total. The number of rotatable bonds is 7. The van der Waals surface area contributed by atoms with Crippen LogP contribution in [0.25, 0.3) is 0 Å². The van der Waals surface area contributed by atoms with Crippen LogP contribution in [0.15, 0.2) is 24.3 Å². The van der Waals surface area contributed by atoms with Gasteiger partial charge < -0.3 is 14.5 Å². The van der Waals surface area contributed by atoms with Crippen molar-refractivity contribution in [3.8, 4) is 5.75 Å². The predicted molar refractivity (Wildman–Crippen MR) is 92.0 cm³/mol. The Kier molecular flexibility index (Phi) is 5.29. The van der Waals surface area contributed by atoms with Crippen molar-refractivity contribution in [2.24, 2.45) is 5.92 Å². The van der Waals surface area contributed by atoms with Gasteiger partial charge >= 0.3 is 0 Å². The Morgan fingerprint density at radius 2 is 2.12 bits per heavy atom. The molecule has 6 heteroatoms. The Labute approximate surface area is 147 Å². The molecule has 0 bridgehead atoms. The van der Waals surface area contributed by atoms with Crippen LogP contribution in [-0.2, 0) is 9.59 Å². The first kappa shape index (κ1) is 17.1. The molecule has 130 valence electrons. The predicted octanol–water partition coefficient (Wildman–Crippen LogP) is 2.58. The van der Waals surface area contributed by atoms with Crippen LogP contribution >= 0.6 is 11.6 Å². The number of halogens is 1. The van der Waals surface area contributed by atoms with Gasteiger partial charge in [0, 0.05) is 32.6 Å². The van der Waals surface area contributed by atoms with Crippen LogP contribution in [0.3, 0.4) is 0 Å². The monoisotopic (exact) mass is 350 g/mol. The Morgan fingerprint density at radius 3 is 2.83 bits per heavy atom. The minimum Gasteiger partial charge on any atom is -0.492 e. The summed E-state index contributed by atoms with van der Waals surface area (Å²) in [5, 5.41) is 0.589. The van der Waals surface area contributed by atoms with Crippen LogP contribution in [0.4, 0.5) is 0 Å². The Hall–Kier alpha value is -1.75. The fourth-order valence-corrected chi connectivity index (χ4v) is 3.29. The second-order valence-electron chi connectivity index (χ2n) is 6.57. The number of hydrogen-bond donors (Lipinski definition) is 0. The van der Waals surface area contributed by atoms with Gasteiger partial charge in [-0.05, 0) is 31.4 Å². The molecule has 2 aliphatic rings. The smallest absolute Gasteiger partial charge is 0.227 e. The number of carbonyl (C=O) groups excluding carboxylic acids is 2. The van der Waals surface area contributed by atoms with E-state index in [0.717, 1.165) is 19.3 Å². The third kappa shape index (κ3) is 4.01. The molecule has 1 heterocycles. The third-order valence-corrected chi connectivity index (χ3v) is 4.92. The van der Waals surface area contributed by atoms with Crippen molar-refractivity contribution >= 4 is 23.4 Å². The summed E-state index contributed by atoms with van der Waals surface area (Å²) < 4.78 is 5.63. The third-order valence-electron chi connectivity index (χ3n) is 4.60. The minimum atomic E-state index is -0.187. The molecular weight excluding hydrogens is 328 g/mol. The van der Waals surface area contributed by atoms with Gasteiger partial charge in [0.2, 0.25) is 11.8 Å². The summed E-state index contributed by atoms with van der Waals surface area (Å²) >= 11 is 6.03. The molecule has 1 atom stereocenters. The average Bonchev–Trinajstić information content (AvgIpc) is 3.34. The van der Waals surface area contributed by atoms with Crippen LogP contribution in [0.1, 0.15) is 25.7 Å². The first-order valence-corrected chi connectivity index (χ1v) is 8.86. The van der Waals surface area contributed by atoms with Crippen molar-refractivity contribution in [1.82, 2.24) is 9.80 Å². The van der Waals surface area contributed by atoms with E-state index < -0.39 is 0 Å². The van der Waals surface area contributed by atoms with Crippen LogP contribution < -0.4 is 4.74 Å².